The summed E-state index contributed by atoms with van der Waals surface area (Å²) in [6.45, 7) is 13.6. The van der Waals surface area contributed by atoms with Crippen molar-refractivity contribution < 1.29 is 33.8 Å². The van der Waals surface area contributed by atoms with Crippen molar-refractivity contribution in [3.8, 4) is 0 Å². The van der Waals surface area contributed by atoms with Gasteiger partial charge in [-0.15, -0.1) is 13.2 Å². The van der Waals surface area contributed by atoms with Gasteiger partial charge in [-0.25, -0.2) is 0 Å². The highest BCUT2D eigenvalue weighted by molar-refractivity contribution is 5.86. The zero-order valence-corrected chi connectivity index (χ0v) is 24.8. The zero-order chi connectivity index (χ0) is 30.4. The van der Waals surface area contributed by atoms with Crippen LogP contribution >= 0.6 is 0 Å². The Morgan fingerprint density at radius 2 is 1.73 bits per heavy atom. The van der Waals surface area contributed by atoms with Crippen LogP contribution in [-0.2, 0) is 35.2 Å². The summed E-state index contributed by atoms with van der Waals surface area (Å²) in [6.07, 6.45) is 5.06. The maximum atomic E-state index is 13.6. The van der Waals surface area contributed by atoms with Gasteiger partial charge in [0.25, 0.3) is 0 Å². The van der Waals surface area contributed by atoms with E-state index in [4.69, 9.17) is 9.47 Å². The molecule has 41 heavy (non-hydrogen) atoms. The molecule has 2 amide bonds. The molecule has 0 spiro atoms. The first-order valence-corrected chi connectivity index (χ1v) is 14.3. The molecule has 1 saturated heterocycles. The van der Waals surface area contributed by atoms with Crippen LogP contribution in [0.4, 0.5) is 0 Å². The summed E-state index contributed by atoms with van der Waals surface area (Å²) in [5, 5.41) is 9.53. The van der Waals surface area contributed by atoms with E-state index in [-0.39, 0.29) is 56.9 Å². The number of aliphatic hydroxyl groups is 1. The van der Waals surface area contributed by atoms with Crippen LogP contribution in [0, 0.1) is 11.8 Å². The van der Waals surface area contributed by atoms with E-state index in [1.165, 1.54) is 0 Å². The zero-order valence-electron chi connectivity index (χ0n) is 24.8. The highest BCUT2D eigenvalue weighted by Crippen LogP contribution is 2.25. The Balaban J connectivity index is 2.03. The van der Waals surface area contributed by atoms with E-state index >= 15 is 0 Å². The van der Waals surface area contributed by atoms with Gasteiger partial charge >= 0.3 is 11.9 Å². The van der Waals surface area contributed by atoms with Crippen molar-refractivity contribution in [3.63, 3.8) is 0 Å². The summed E-state index contributed by atoms with van der Waals surface area (Å²) >= 11 is 0. The number of rotatable bonds is 16. The van der Waals surface area contributed by atoms with Crippen LogP contribution < -0.4 is 0 Å². The van der Waals surface area contributed by atoms with Crippen LogP contribution in [0.2, 0.25) is 0 Å². The lowest BCUT2D eigenvalue weighted by Gasteiger charge is -2.30. The number of ether oxygens (including phenoxy) is 2. The van der Waals surface area contributed by atoms with Gasteiger partial charge in [0, 0.05) is 26.1 Å². The molecule has 9 heteroatoms. The number of hydrogen-bond acceptors (Lipinski definition) is 7. The minimum atomic E-state index is -0.721. The number of esters is 2. The lowest BCUT2D eigenvalue weighted by Crippen LogP contribution is -2.44. The molecule has 1 fully saturated rings. The number of likely N-dealkylation sites (tertiary alicyclic amines) is 1. The number of amides is 2. The van der Waals surface area contributed by atoms with Crippen LogP contribution in [0.15, 0.2) is 55.6 Å². The van der Waals surface area contributed by atoms with Gasteiger partial charge in [0.05, 0.1) is 30.9 Å². The summed E-state index contributed by atoms with van der Waals surface area (Å²) in [5.74, 6) is -2.77. The second-order valence-electron chi connectivity index (χ2n) is 11.4. The Hall–Kier alpha value is -3.46. The summed E-state index contributed by atoms with van der Waals surface area (Å²) in [4.78, 5) is 55.3. The summed E-state index contributed by atoms with van der Waals surface area (Å²) in [5.41, 5.74) is 0.272. The Morgan fingerprint density at radius 3 is 2.34 bits per heavy atom. The SMILES string of the molecule is C=CC[C@@H](CC(=O)OC(C)(C)C)C(=O)OC[C@H]1CCCN1C(=O)[C@@H](CC=C)CC(=O)N(CCO)Cc1ccccc1. The molecule has 226 valence electrons. The minimum Gasteiger partial charge on any atom is -0.463 e. The molecule has 1 aromatic carbocycles. The van der Waals surface area contributed by atoms with Crippen LogP contribution in [0.1, 0.15) is 64.9 Å². The number of allylic oxidation sites excluding steroid dienone is 2. The van der Waals surface area contributed by atoms with Crippen molar-refractivity contribution in [1.82, 2.24) is 9.80 Å². The smallest absolute Gasteiger partial charge is 0.309 e. The molecular weight excluding hydrogens is 524 g/mol. The molecule has 1 heterocycles. The predicted molar refractivity (Wildman–Crippen MR) is 156 cm³/mol. The molecule has 1 aliphatic rings. The summed E-state index contributed by atoms with van der Waals surface area (Å²) < 4.78 is 10.9. The normalized spacial score (nSPS) is 16.4. The van der Waals surface area contributed by atoms with Gasteiger partial charge in [-0.3, -0.25) is 19.2 Å². The van der Waals surface area contributed by atoms with Crippen LogP contribution in [0.5, 0.6) is 0 Å². The lowest BCUT2D eigenvalue weighted by molar-refractivity contribution is -0.162. The highest BCUT2D eigenvalue weighted by Gasteiger charge is 2.35. The highest BCUT2D eigenvalue weighted by atomic mass is 16.6. The maximum Gasteiger partial charge on any atom is 0.309 e. The lowest BCUT2D eigenvalue weighted by atomic mass is 9.98. The number of aliphatic hydroxyl groups excluding tert-OH is 1. The van der Waals surface area contributed by atoms with Crippen molar-refractivity contribution >= 4 is 23.8 Å². The summed E-state index contributed by atoms with van der Waals surface area (Å²) in [6, 6.07) is 9.17. The molecule has 9 nitrogen and oxygen atoms in total. The van der Waals surface area contributed by atoms with Crippen LogP contribution in [-0.4, -0.2) is 76.6 Å². The Kier molecular flexibility index (Phi) is 13.8. The predicted octanol–water partition coefficient (Wildman–Crippen LogP) is 4.05. The Labute approximate surface area is 244 Å². The maximum absolute atomic E-state index is 13.6. The van der Waals surface area contributed by atoms with Crippen LogP contribution in [0.3, 0.4) is 0 Å². The van der Waals surface area contributed by atoms with Crippen molar-refractivity contribution in [2.24, 2.45) is 11.8 Å². The topological polar surface area (TPSA) is 113 Å². The van der Waals surface area contributed by atoms with Gasteiger partial charge in [0.1, 0.15) is 12.2 Å². The molecule has 0 bridgehead atoms. The number of carbonyl (C=O) groups excluding carboxylic acids is 4. The Bertz CT molecular complexity index is 1030. The average Bonchev–Trinajstić information content (AvgIpc) is 3.38. The number of benzene rings is 1. The van der Waals surface area contributed by atoms with E-state index < -0.39 is 29.4 Å². The molecule has 0 aromatic heterocycles. The largest absolute Gasteiger partial charge is 0.463 e. The number of nitrogens with zero attached hydrogens (tertiary/aromatic N) is 2. The van der Waals surface area contributed by atoms with E-state index in [1.807, 2.05) is 30.3 Å². The fourth-order valence-corrected chi connectivity index (χ4v) is 4.91. The van der Waals surface area contributed by atoms with Gasteiger partial charge in [-0.2, -0.15) is 0 Å². The molecule has 3 atom stereocenters. The number of hydrogen-bond donors (Lipinski definition) is 1. The second-order valence-corrected chi connectivity index (χ2v) is 11.4. The van der Waals surface area contributed by atoms with E-state index in [1.54, 1.807) is 42.7 Å². The third kappa shape index (κ3) is 11.5. The first-order valence-electron chi connectivity index (χ1n) is 14.3. The third-order valence-electron chi connectivity index (χ3n) is 6.86. The molecule has 2 rings (SSSR count). The van der Waals surface area contributed by atoms with E-state index in [0.717, 1.165) is 12.0 Å². The van der Waals surface area contributed by atoms with Crippen LogP contribution in [0.25, 0.3) is 0 Å². The molecule has 0 aliphatic carbocycles. The average molecular weight is 571 g/mol. The van der Waals surface area contributed by atoms with Crippen molar-refractivity contribution in [1.29, 1.82) is 0 Å². The molecule has 1 N–H and O–H groups in total. The monoisotopic (exact) mass is 570 g/mol. The Morgan fingerprint density at radius 1 is 1.07 bits per heavy atom. The van der Waals surface area contributed by atoms with E-state index in [2.05, 4.69) is 13.2 Å². The molecule has 1 aliphatic heterocycles. The van der Waals surface area contributed by atoms with Crippen molar-refractivity contribution in [3.05, 3.63) is 61.2 Å². The standard InChI is InChI=1S/C32H46N2O7/c1-6-12-25(20-28(36)33(18-19-35)22-24-14-9-8-10-15-24)30(38)34-17-11-16-27(34)23-40-31(39)26(13-7-2)21-29(37)41-32(3,4)5/h6-10,14-15,25-27,35H,1-2,11-13,16-23H2,3-5H3/t25-,26-,27+/m0/s1. The summed E-state index contributed by atoms with van der Waals surface area (Å²) in [7, 11) is 0. The molecule has 1 aromatic rings. The van der Waals surface area contributed by atoms with Gasteiger partial charge in [0.2, 0.25) is 11.8 Å². The molecule has 0 unspecified atom stereocenters. The van der Waals surface area contributed by atoms with Gasteiger partial charge < -0.3 is 24.4 Å². The fraction of sp³-hybridized carbons (Fsp3) is 0.562. The van der Waals surface area contributed by atoms with Crippen molar-refractivity contribution in [2.45, 2.75) is 77.5 Å². The fourth-order valence-electron chi connectivity index (χ4n) is 4.91. The molecule has 0 saturated carbocycles. The second kappa shape index (κ2) is 16.7. The quantitative estimate of drug-likeness (QED) is 0.236. The van der Waals surface area contributed by atoms with E-state index in [0.29, 0.717) is 25.9 Å². The molecule has 0 radical (unpaired) electrons. The minimum absolute atomic E-state index is 0.00589. The van der Waals surface area contributed by atoms with E-state index in [9.17, 15) is 24.3 Å². The van der Waals surface area contributed by atoms with Gasteiger partial charge in [-0.1, -0.05) is 42.5 Å². The van der Waals surface area contributed by atoms with Crippen molar-refractivity contribution in [2.75, 3.05) is 26.3 Å². The third-order valence-corrected chi connectivity index (χ3v) is 6.86. The van der Waals surface area contributed by atoms with Gasteiger partial charge in [0.15, 0.2) is 0 Å². The van der Waals surface area contributed by atoms with Gasteiger partial charge in [-0.05, 0) is 52.0 Å². The number of carbonyl (C=O) groups is 4. The first kappa shape index (κ1) is 33.7. The first-order chi connectivity index (χ1) is 19.5. The molecular formula is C32H46N2O7.